The first-order valence-electron chi connectivity index (χ1n) is 7.48. The topological polar surface area (TPSA) is 53.3 Å². The second-order valence-electron chi connectivity index (χ2n) is 4.90. The standard InChI is InChI=1S/C17H18Cl2N2O3/c1-4-14-15(6-7-16(22)23-3)20-21(5-2)17(14)24-13-9-11(18)8-12(19)10-13/h6-10H,4-5H2,1-3H3/b7-6+. The molecule has 0 aliphatic carbocycles. The van der Waals surface area contributed by atoms with Crippen LogP contribution in [0.2, 0.25) is 10.0 Å². The van der Waals surface area contributed by atoms with Crippen molar-refractivity contribution in [2.45, 2.75) is 26.8 Å². The molecule has 0 atom stereocenters. The Balaban J connectivity index is 2.42. The van der Waals surface area contributed by atoms with E-state index in [1.165, 1.54) is 13.2 Å². The Morgan fingerprint density at radius 2 is 1.92 bits per heavy atom. The van der Waals surface area contributed by atoms with Crippen LogP contribution in [-0.4, -0.2) is 22.9 Å². The Hall–Kier alpha value is -1.98. The number of ether oxygens (including phenoxy) is 2. The largest absolute Gasteiger partial charge is 0.466 e. The van der Waals surface area contributed by atoms with Crippen LogP contribution < -0.4 is 4.74 Å². The molecule has 0 spiro atoms. The van der Waals surface area contributed by atoms with Crippen LogP contribution in [0.5, 0.6) is 11.6 Å². The third-order valence-corrected chi connectivity index (χ3v) is 3.75. The fourth-order valence-electron chi connectivity index (χ4n) is 2.21. The quantitative estimate of drug-likeness (QED) is 0.545. The molecule has 1 heterocycles. The van der Waals surface area contributed by atoms with Gasteiger partial charge in [0.15, 0.2) is 0 Å². The van der Waals surface area contributed by atoms with Crippen molar-refractivity contribution in [1.29, 1.82) is 0 Å². The number of hydrogen-bond donors (Lipinski definition) is 0. The summed E-state index contributed by atoms with van der Waals surface area (Å²) in [6, 6.07) is 5.01. The molecule has 24 heavy (non-hydrogen) atoms. The van der Waals surface area contributed by atoms with Gasteiger partial charge in [-0.2, -0.15) is 5.10 Å². The maximum Gasteiger partial charge on any atom is 0.330 e. The average molecular weight is 369 g/mol. The van der Waals surface area contributed by atoms with Crippen molar-refractivity contribution >= 4 is 35.2 Å². The molecule has 0 saturated heterocycles. The van der Waals surface area contributed by atoms with Crippen LogP contribution in [0, 0.1) is 0 Å². The van der Waals surface area contributed by atoms with Crippen LogP contribution >= 0.6 is 23.2 Å². The number of methoxy groups -OCH3 is 1. The first kappa shape index (κ1) is 18.4. The maximum atomic E-state index is 11.3. The van der Waals surface area contributed by atoms with Gasteiger partial charge in [0.1, 0.15) is 5.75 Å². The minimum absolute atomic E-state index is 0.438. The molecule has 128 valence electrons. The van der Waals surface area contributed by atoms with E-state index >= 15 is 0 Å². The molecule has 0 saturated carbocycles. The lowest BCUT2D eigenvalue weighted by atomic mass is 10.2. The molecule has 0 N–H and O–H groups in total. The highest BCUT2D eigenvalue weighted by molar-refractivity contribution is 6.34. The van der Waals surface area contributed by atoms with E-state index in [2.05, 4.69) is 9.84 Å². The molecule has 0 unspecified atom stereocenters. The molecule has 0 aliphatic rings. The van der Waals surface area contributed by atoms with Gasteiger partial charge < -0.3 is 9.47 Å². The summed E-state index contributed by atoms with van der Waals surface area (Å²) in [6.45, 7) is 4.56. The molecule has 0 amide bonds. The van der Waals surface area contributed by atoms with Gasteiger partial charge in [0.2, 0.25) is 5.88 Å². The van der Waals surface area contributed by atoms with Gasteiger partial charge in [-0.15, -0.1) is 0 Å². The predicted octanol–water partition coefficient (Wildman–Crippen LogP) is 4.75. The van der Waals surface area contributed by atoms with E-state index in [0.717, 1.165) is 5.56 Å². The van der Waals surface area contributed by atoms with Gasteiger partial charge in [0.05, 0.1) is 12.8 Å². The van der Waals surface area contributed by atoms with Gasteiger partial charge in [-0.3, -0.25) is 0 Å². The second-order valence-corrected chi connectivity index (χ2v) is 5.77. The third-order valence-electron chi connectivity index (χ3n) is 3.31. The molecule has 0 aliphatic heterocycles. The highest BCUT2D eigenvalue weighted by Gasteiger charge is 2.17. The molecular formula is C17H18Cl2N2O3. The summed E-state index contributed by atoms with van der Waals surface area (Å²) in [4.78, 5) is 11.3. The van der Waals surface area contributed by atoms with Crippen LogP contribution in [0.3, 0.4) is 0 Å². The fourth-order valence-corrected chi connectivity index (χ4v) is 2.72. The van der Waals surface area contributed by atoms with Crippen LogP contribution in [0.15, 0.2) is 24.3 Å². The van der Waals surface area contributed by atoms with Crippen LogP contribution in [-0.2, 0) is 22.5 Å². The molecule has 0 fully saturated rings. The van der Waals surface area contributed by atoms with E-state index in [4.69, 9.17) is 27.9 Å². The summed E-state index contributed by atoms with van der Waals surface area (Å²) in [6.07, 6.45) is 3.64. The number of aryl methyl sites for hydroxylation is 1. The molecular weight excluding hydrogens is 351 g/mol. The lowest BCUT2D eigenvalue weighted by molar-refractivity contribution is -0.134. The zero-order chi connectivity index (χ0) is 17.7. The van der Waals surface area contributed by atoms with E-state index in [-0.39, 0.29) is 0 Å². The number of carbonyl (C=O) groups is 1. The molecule has 2 aromatic rings. The molecule has 0 radical (unpaired) electrons. The number of carbonyl (C=O) groups excluding carboxylic acids is 1. The SMILES string of the molecule is CCc1c(/C=C/C(=O)OC)nn(CC)c1Oc1cc(Cl)cc(Cl)c1. The van der Waals surface area contributed by atoms with E-state index in [9.17, 15) is 4.79 Å². The smallest absolute Gasteiger partial charge is 0.330 e. The Morgan fingerprint density at radius 3 is 2.46 bits per heavy atom. The summed E-state index contributed by atoms with van der Waals surface area (Å²) in [7, 11) is 1.33. The molecule has 1 aromatic carbocycles. The zero-order valence-electron chi connectivity index (χ0n) is 13.7. The lowest BCUT2D eigenvalue weighted by Gasteiger charge is -2.10. The Labute approximate surface area is 150 Å². The van der Waals surface area contributed by atoms with Gasteiger partial charge in [-0.05, 0) is 37.6 Å². The number of benzene rings is 1. The van der Waals surface area contributed by atoms with E-state index in [0.29, 0.717) is 40.3 Å². The summed E-state index contributed by atoms with van der Waals surface area (Å²) >= 11 is 12.0. The first-order chi connectivity index (χ1) is 11.5. The number of rotatable bonds is 6. The van der Waals surface area contributed by atoms with Crippen molar-refractivity contribution in [3.8, 4) is 11.6 Å². The molecule has 7 heteroatoms. The Bertz CT molecular complexity index is 749. The van der Waals surface area contributed by atoms with Gasteiger partial charge >= 0.3 is 5.97 Å². The Kier molecular flexibility index (Phi) is 6.29. The van der Waals surface area contributed by atoms with E-state index in [1.807, 2.05) is 13.8 Å². The van der Waals surface area contributed by atoms with E-state index < -0.39 is 5.97 Å². The third kappa shape index (κ3) is 4.30. The number of esters is 1. The normalized spacial score (nSPS) is 11.0. The first-order valence-corrected chi connectivity index (χ1v) is 8.23. The second kappa shape index (κ2) is 8.22. The molecule has 1 aromatic heterocycles. The highest BCUT2D eigenvalue weighted by atomic mass is 35.5. The monoisotopic (exact) mass is 368 g/mol. The maximum absolute atomic E-state index is 11.3. The van der Waals surface area contributed by atoms with Gasteiger partial charge in [0, 0.05) is 28.2 Å². The number of halogens is 2. The number of hydrogen-bond acceptors (Lipinski definition) is 4. The highest BCUT2D eigenvalue weighted by Crippen LogP contribution is 2.32. The minimum Gasteiger partial charge on any atom is -0.466 e. The summed E-state index contributed by atoms with van der Waals surface area (Å²) in [5, 5.41) is 5.46. The van der Waals surface area contributed by atoms with Crippen LogP contribution in [0.4, 0.5) is 0 Å². The summed E-state index contributed by atoms with van der Waals surface area (Å²) in [5.74, 6) is 0.690. The molecule has 2 rings (SSSR count). The van der Waals surface area contributed by atoms with Crippen molar-refractivity contribution in [1.82, 2.24) is 9.78 Å². The number of nitrogens with zero attached hydrogens (tertiary/aromatic N) is 2. The van der Waals surface area contributed by atoms with Crippen LogP contribution in [0.25, 0.3) is 6.08 Å². The zero-order valence-corrected chi connectivity index (χ0v) is 15.2. The average Bonchev–Trinajstić information content (AvgIpc) is 2.88. The molecule has 5 nitrogen and oxygen atoms in total. The van der Waals surface area contributed by atoms with Gasteiger partial charge in [-0.1, -0.05) is 30.1 Å². The van der Waals surface area contributed by atoms with E-state index in [1.54, 1.807) is 29.0 Å². The summed E-state index contributed by atoms with van der Waals surface area (Å²) < 4.78 is 12.3. The predicted molar refractivity (Wildman–Crippen MR) is 94.9 cm³/mol. The van der Waals surface area contributed by atoms with Crippen molar-refractivity contribution in [3.63, 3.8) is 0 Å². The van der Waals surface area contributed by atoms with Crippen molar-refractivity contribution in [2.24, 2.45) is 0 Å². The minimum atomic E-state index is -0.438. The van der Waals surface area contributed by atoms with Crippen molar-refractivity contribution < 1.29 is 14.3 Å². The van der Waals surface area contributed by atoms with Crippen LogP contribution in [0.1, 0.15) is 25.1 Å². The molecule has 0 bridgehead atoms. The fraction of sp³-hybridized carbons (Fsp3) is 0.294. The van der Waals surface area contributed by atoms with Gasteiger partial charge in [-0.25, -0.2) is 9.48 Å². The van der Waals surface area contributed by atoms with Crippen molar-refractivity contribution in [3.05, 3.63) is 45.6 Å². The lowest BCUT2D eigenvalue weighted by Crippen LogP contribution is -2.00. The van der Waals surface area contributed by atoms with Crippen molar-refractivity contribution in [2.75, 3.05) is 7.11 Å². The Morgan fingerprint density at radius 1 is 1.25 bits per heavy atom. The number of aromatic nitrogens is 2. The van der Waals surface area contributed by atoms with Gasteiger partial charge in [0.25, 0.3) is 0 Å². The summed E-state index contributed by atoms with van der Waals surface area (Å²) in [5.41, 5.74) is 1.54.